The number of thioether (sulfide) groups is 1. The zero-order chi connectivity index (χ0) is 17.8. The molecule has 2 aromatic rings. The first-order valence-electron chi connectivity index (χ1n) is 8.44. The highest BCUT2D eigenvalue weighted by molar-refractivity contribution is 7.99. The van der Waals surface area contributed by atoms with Crippen LogP contribution in [0.3, 0.4) is 0 Å². The van der Waals surface area contributed by atoms with Crippen LogP contribution in [-0.2, 0) is 11.2 Å². The van der Waals surface area contributed by atoms with Gasteiger partial charge in [0.05, 0.1) is 7.11 Å². The van der Waals surface area contributed by atoms with Crippen molar-refractivity contribution in [2.24, 2.45) is 0 Å². The van der Waals surface area contributed by atoms with Crippen molar-refractivity contribution in [2.75, 3.05) is 24.3 Å². The largest absolute Gasteiger partial charge is 0.497 e. The Morgan fingerprint density at radius 3 is 2.76 bits per heavy atom. The van der Waals surface area contributed by atoms with Crippen LogP contribution in [0.25, 0.3) is 0 Å². The van der Waals surface area contributed by atoms with Crippen LogP contribution < -0.4 is 9.64 Å². The number of rotatable bonds is 5. The molecule has 0 radical (unpaired) electrons. The fourth-order valence-corrected chi connectivity index (χ4v) is 4.07. The first-order valence-corrected chi connectivity index (χ1v) is 9.43. The summed E-state index contributed by atoms with van der Waals surface area (Å²) in [6.07, 6.45) is 2.18. The van der Waals surface area contributed by atoms with Crippen LogP contribution in [0.4, 0.5) is 10.1 Å². The number of fused-ring (bicyclic) bond motifs is 1. The third-order valence-electron chi connectivity index (χ3n) is 4.39. The predicted molar refractivity (Wildman–Crippen MR) is 100 cm³/mol. The van der Waals surface area contributed by atoms with Crippen molar-refractivity contribution < 1.29 is 13.9 Å². The predicted octanol–water partition coefficient (Wildman–Crippen LogP) is 4.60. The Morgan fingerprint density at radius 2 is 2.04 bits per heavy atom. The molecule has 0 bridgehead atoms. The number of aryl methyl sites for hydroxylation is 2. The molecule has 0 fully saturated rings. The summed E-state index contributed by atoms with van der Waals surface area (Å²) in [5.74, 6) is 1.43. The summed E-state index contributed by atoms with van der Waals surface area (Å²) in [6, 6.07) is 10.9. The highest BCUT2D eigenvalue weighted by atomic mass is 32.2. The van der Waals surface area contributed by atoms with Gasteiger partial charge in [0.1, 0.15) is 11.6 Å². The van der Waals surface area contributed by atoms with E-state index in [1.165, 1.54) is 6.07 Å². The molecule has 132 valence electrons. The highest BCUT2D eigenvalue weighted by Crippen LogP contribution is 2.32. The minimum absolute atomic E-state index is 0.108. The van der Waals surface area contributed by atoms with Crippen LogP contribution >= 0.6 is 11.8 Å². The standard InChI is InChI=1S/C20H22FNO2S/c1-14-12-16(21)13-15-4-3-10-22(20(14)15)19(23)9-11-25-18-7-5-17(24-2)6-8-18/h5-8,12-13H,3-4,9-11H2,1-2H3. The summed E-state index contributed by atoms with van der Waals surface area (Å²) in [7, 11) is 1.64. The number of hydrogen-bond donors (Lipinski definition) is 0. The lowest BCUT2D eigenvalue weighted by Crippen LogP contribution is -2.36. The van der Waals surface area contributed by atoms with Crippen molar-refractivity contribution in [1.82, 2.24) is 0 Å². The van der Waals surface area contributed by atoms with Crippen molar-refractivity contribution in [3.05, 3.63) is 53.3 Å². The Balaban J connectivity index is 1.62. The van der Waals surface area contributed by atoms with Crippen LogP contribution in [0, 0.1) is 12.7 Å². The number of ether oxygens (including phenoxy) is 1. The molecule has 0 saturated carbocycles. The molecule has 1 aliphatic rings. The van der Waals surface area contributed by atoms with E-state index >= 15 is 0 Å². The summed E-state index contributed by atoms with van der Waals surface area (Å²) >= 11 is 1.66. The summed E-state index contributed by atoms with van der Waals surface area (Å²) in [6.45, 7) is 2.59. The van der Waals surface area contributed by atoms with E-state index in [-0.39, 0.29) is 11.7 Å². The van der Waals surface area contributed by atoms with Gasteiger partial charge in [-0.2, -0.15) is 0 Å². The van der Waals surface area contributed by atoms with Gasteiger partial charge >= 0.3 is 0 Å². The van der Waals surface area contributed by atoms with Gasteiger partial charge in [-0.05, 0) is 67.3 Å². The van der Waals surface area contributed by atoms with Gasteiger partial charge in [-0.25, -0.2) is 4.39 Å². The SMILES string of the molecule is COc1ccc(SCCC(=O)N2CCCc3cc(F)cc(C)c32)cc1. The molecule has 3 rings (SSSR count). The summed E-state index contributed by atoms with van der Waals surface area (Å²) in [5.41, 5.74) is 2.69. The molecule has 2 aromatic carbocycles. The lowest BCUT2D eigenvalue weighted by molar-refractivity contribution is -0.118. The molecule has 0 saturated heterocycles. The van der Waals surface area contributed by atoms with Crippen LogP contribution in [0.5, 0.6) is 5.75 Å². The maximum absolute atomic E-state index is 13.6. The first-order chi connectivity index (χ1) is 12.1. The van der Waals surface area contributed by atoms with E-state index in [9.17, 15) is 9.18 Å². The highest BCUT2D eigenvalue weighted by Gasteiger charge is 2.24. The minimum atomic E-state index is -0.222. The number of benzene rings is 2. The van der Waals surface area contributed by atoms with Gasteiger partial charge in [0.15, 0.2) is 0 Å². The van der Waals surface area contributed by atoms with E-state index in [0.29, 0.717) is 13.0 Å². The molecule has 0 aromatic heterocycles. The molecular weight excluding hydrogens is 337 g/mol. The second-order valence-electron chi connectivity index (χ2n) is 6.15. The lowest BCUT2D eigenvalue weighted by atomic mass is 9.97. The maximum Gasteiger partial charge on any atom is 0.227 e. The third kappa shape index (κ3) is 4.15. The molecule has 1 heterocycles. The second-order valence-corrected chi connectivity index (χ2v) is 7.32. The molecule has 0 aliphatic carbocycles. The van der Waals surface area contributed by atoms with Crippen LogP contribution in [0.15, 0.2) is 41.3 Å². The summed E-state index contributed by atoms with van der Waals surface area (Å²) in [4.78, 5) is 15.6. The Labute approximate surface area is 152 Å². The topological polar surface area (TPSA) is 29.5 Å². The molecular formula is C20H22FNO2S. The third-order valence-corrected chi connectivity index (χ3v) is 5.40. The molecule has 0 unspecified atom stereocenters. The van der Waals surface area contributed by atoms with Gasteiger partial charge in [-0.15, -0.1) is 11.8 Å². The number of anilines is 1. The van der Waals surface area contributed by atoms with Gasteiger partial charge in [0.2, 0.25) is 5.91 Å². The van der Waals surface area contributed by atoms with Crippen LogP contribution in [-0.4, -0.2) is 25.3 Å². The molecule has 5 heteroatoms. The molecule has 0 atom stereocenters. The van der Waals surface area contributed by atoms with Gasteiger partial charge in [-0.3, -0.25) is 4.79 Å². The second kappa shape index (κ2) is 7.91. The zero-order valence-corrected chi connectivity index (χ0v) is 15.4. The number of carbonyl (C=O) groups excluding carboxylic acids is 1. The molecule has 0 spiro atoms. The average Bonchev–Trinajstić information content (AvgIpc) is 2.61. The number of halogens is 1. The van der Waals surface area contributed by atoms with E-state index in [4.69, 9.17) is 4.74 Å². The average molecular weight is 359 g/mol. The van der Waals surface area contributed by atoms with Gasteiger partial charge in [0.25, 0.3) is 0 Å². The lowest BCUT2D eigenvalue weighted by Gasteiger charge is -2.31. The van der Waals surface area contributed by atoms with E-state index in [1.807, 2.05) is 36.1 Å². The molecule has 3 nitrogen and oxygen atoms in total. The van der Waals surface area contributed by atoms with E-state index in [1.54, 1.807) is 24.9 Å². The number of nitrogens with zero attached hydrogens (tertiary/aromatic N) is 1. The summed E-state index contributed by atoms with van der Waals surface area (Å²) < 4.78 is 18.8. The fraction of sp³-hybridized carbons (Fsp3) is 0.350. The Bertz CT molecular complexity index is 761. The van der Waals surface area contributed by atoms with Crippen molar-refractivity contribution in [2.45, 2.75) is 31.1 Å². The number of methoxy groups -OCH3 is 1. The zero-order valence-electron chi connectivity index (χ0n) is 14.5. The van der Waals surface area contributed by atoms with Crippen molar-refractivity contribution in [3.8, 4) is 5.75 Å². The van der Waals surface area contributed by atoms with E-state index in [0.717, 1.165) is 46.1 Å². The Hall–Kier alpha value is -2.01. The number of hydrogen-bond acceptors (Lipinski definition) is 3. The Kier molecular flexibility index (Phi) is 5.63. The van der Waals surface area contributed by atoms with Crippen LogP contribution in [0.1, 0.15) is 24.0 Å². The summed E-state index contributed by atoms with van der Waals surface area (Å²) in [5, 5.41) is 0. The fourth-order valence-electron chi connectivity index (χ4n) is 3.23. The quantitative estimate of drug-likeness (QED) is 0.731. The Morgan fingerprint density at radius 1 is 1.28 bits per heavy atom. The number of carbonyl (C=O) groups is 1. The van der Waals surface area contributed by atoms with Crippen molar-refractivity contribution in [1.29, 1.82) is 0 Å². The van der Waals surface area contributed by atoms with Gasteiger partial charge < -0.3 is 9.64 Å². The molecule has 1 amide bonds. The molecule has 25 heavy (non-hydrogen) atoms. The van der Waals surface area contributed by atoms with E-state index < -0.39 is 0 Å². The maximum atomic E-state index is 13.6. The van der Waals surface area contributed by atoms with Gasteiger partial charge in [-0.1, -0.05) is 0 Å². The molecule has 1 aliphatic heterocycles. The van der Waals surface area contributed by atoms with Crippen LogP contribution in [0.2, 0.25) is 0 Å². The van der Waals surface area contributed by atoms with Gasteiger partial charge in [0, 0.05) is 29.3 Å². The van der Waals surface area contributed by atoms with E-state index in [2.05, 4.69) is 0 Å². The first kappa shape index (κ1) is 17.8. The van der Waals surface area contributed by atoms with Crippen molar-refractivity contribution in [3.63, 3.8) is 0 Å². The monoisotopic (exact) mass is 359 g/mol. The van der Waals surface area contributed by atoms with Crippen molar-refractivity contribution >= 4 is 23.4 Å². The number of amides is 1. The molecule has 0 N–H and O–H groups in total. The minimum Gasteiger partial charge on any atom is -0.497 e. The smallest absolute Gasteiger partial charge is 0.227 e. The normalized spacial score (nSPS) is 13.5.